The van der Waals surface area contributed by atoms with Gasteiger partial charge in [0.15, 0.2) is 5.96 Å². The van der Waals surface area contributed by atoms with Gasteiger partial charge < -0.3 is 10.6 Å². The van der Waals surface area contributed by atoms with Gasteiger partial charge in [0, 0.05) is 20.1 Å². The zero-order valence-electron chi connectivity index (χ0n) is 12.3. The maximum atomic E-state index is 12.4. The first-order valence-electron chi connectivity index (χ1n) is 6.43. The van der Waals surface area contributed by atoms with Crippen LogP contribution >= 0.6 is 24.0 Å². The molecule has 0 aliphatic rings. The molecule has 0 heterocycles. The minimum atomic E-state index is -4.29. The number of rotatable bonds is 4. The third kappa shape index (κ3) is 7.54. The van der Waals surface area contributed by atoms with E-state index in [1.807, 2.05) is 0 Å². The predicted octanol–water partition coefficient (Wildman–Crippen LogP) is 3.64. The number of alkyl halides is 3. The summed E-state index contributed by atoms with van der Waals surface area (Å²) in [6.07, 6.45) is -4.29. The molecule has 0 bridgehead atoms. The van der Waals surface area contributed by atoms with Gasteiger partial charge in [-0.3, -0.25) is 4.99 Å². The van der Waals surface area contributed by atoms with Crippen molar-refractivity contribution in [3.05, 3.63) is 35.4 Å². The van der Waals surface area contributed by atoms with E-state index in [-0.39, 0.29) is 24.0 Å². The van der Waals surface area contributed by atoms with Crippen LogP contribution in [-0.4, -0.2) is 19.6 Å². The van der Waals surface area contributed by atoms with Crippen molar-refractivity contribution in [1.29, 1.82) is 0 Å². The van der Waals surface area contributed by atoms with Crippen molar-refractivity contribution in [2.24, 2.45) is 10.9 Å². The van der Waals surface area contributed by atoms with Crippen LogP contribution in [-0.2, 0) is 12.7 Å². The maximum Gasteiger partial charge on any atom is 0.416 e. The Bertz CT molecular complexity index is 442. The summed E-state index contributed by atoms with van der Waals surface area (Å²) in [5, 5.41) is 6.19. The van der Waals surface area contributed by atoms with Crippen molar-refractivity contribution in [3.63, 3.8) is 0 Å². The molecule has 0 saturated carbocycles. The van der Waals surface area contributed by atoms with Crippen molar-refractivity contribution >= 4 is 29.9 Å². The smallest absolute Gasteiger partial charge is 0.356 e. The molecule has 0 aliphatic heterocycles. The Kier molecular flexibility index (Phi) is 8.68. The summed E-state index contributed by atoms with van der Waals surface area (Å²) in [6.45, 7) is 5.37. The molecule has 7 heteroatoms. The third-order valence-electron chi connectivity index (χ3n) is 2.64. The molecule has 0 unspecified atom stereocenters. The van der Waals surface area contributed by atoms with Gasteiger partial charge in [-0.2, -0.15) is 13.2 Å². The van der Waals surface area contributed by atoms with Gasteiger partial charge in [0.05, 0.1) is 5.56 Å². The first-order valence-corrected chi connectivity index (χ1v) is 6.43. The van der Waals surface area contributed by atoms with Gasteiger partial charge in [0.25, 0.3) is 0 Å². The van der Waals surface area contributed by atoms with E-state index in [9.17, 15) is 13.2 Å². The monoisotopic (exact) mass is 415 g/mol. The van der Waals surface area contributed by atoms with E-state index >= 15 is 0 Å². The summed E-state index contributed by atoms with van der Waals surface area (Å²) in [7, 11) is 1.66. The minimum absolute atomic E-state index is 0. The minimum Gasteiger partial charge on any atom is -0.356 e. The Balaban J connectivity index is 0.00000400. The zero-order valence-corrected chi connectivity index (χ0v) is 14.6. The Labute approximate surface area is 140 Å². The molecule has 0 aliphatic carbocycles. The molecule has 0 radical (unpaired) electrons. The van der Waals surface area contributed by atoms with Crippen molar-refractivity contribution in [3.8, 4) is 0 Å². The topological polar surface area (TPSA) is 36.4 Å². The van der Waals surface area contributed by atoms with Crippen LogP contribution in [0.25, 0.3) is 0 Å². The number of aliphatic imine (C=N–C) groups is 1. The second kappa shape index (κ2) is 9.11. The lowest BCUT2D eigenvalue weighted by Gasteiger charge is -2.14. The van der Waals surface area contributed by atoms with Gasteiger partial charge in [-0.25, -0.2) is 0 Å². The molecule has 1 rings (SSSR count). The molecule has 21 heavy (non-hydrogen) atoms. The van der Waals surface area contributed by atoms with Gasteiger partial charge in [-0.1, -0.05) is 26.0 Å². The quantitative estimate of drug-likeness (QED) is 0.448. The number of hydrogen-bond acceptors (Lipinski definition) is 1. The molecular weight excluding hydrogens is 394 g/mol. The average molecular weight is 415 g/mol. The van der Waals surface area contributed by atoms with Gasteiger partial charge in [-0.15, -0.1) is 24.0 Å². The zero-order chi connectivity index (χ0) is 15.2. The molecule has 1 aromatic carbocycles. The Morgan fingerprint density at radius 3 is 2.14 bits per heavy atom. The van der Waals surface area contributed by atoms with Crippen LogP contribution in [0.15, 0.2) is 29.3 Å². The normalized spacial score (nSPS) is 12.0. The largest absolute Gasteiger partial charge is 0.416 e. The molecule has 0 spiro atoms. The average Bonchev–Trinajstić information content (AvgIpc) is 2.38. The molecule has 0 saturated heterocycles. The SMILES string of the molecule is CN=C(NCc1ccc(C(F)(F)F)cc1)NCC(C)C.I. The lowest BCUT2D eigenvalue weighted by Crippen LogP contribution is -2.38. The first kappa shape index (κ1) is 20.0. The highest BCUT2D eigenvalue weighted by atomic mass is 127. The lowest BCUT2D eigenvalue weighted by atomic mass is 10.1. The molecule has 0 fully saturated rings. The molecule has 0 amide bonds. The number of benzene rings is 1. The highest BCUT2D eigenvalue weighted by Gasteiger charge is 2.29. The molecular formula is C14H21F3IN3. The predicted molar refractivity (Wildman–Crippen MR) is 89.9 cm³/mol. The molecule has 0 aromatic heterocycles. The van der Waals surface area contributed by atoms with Gasteiger partial charge in [0.1, 0.15) is 0 Å². The summed E-state index contributed by atoms with van der Waals surface area (Å²) < 4.78 is 37.3. The van der Waals surface area contributed by atoms with E-state index in [1.54, 1.807) is 7.05 Å². The van der Waals surface area contributed by atoms with Crippen LogP contribution < -0.4 is 10.6 Å². The molecule has 3 nitrogen and oxygen atoms in total. The van der Waals surface area contributed by atoms with Crippen molar-refractivity contribution in [1.82, 2.24) is 10.6 Å². The summed E-state index contributed by atoms with van der Waals surface area (Å²) in [5.74, 6) is 1.12. The van der Waals surface area contributed by atoms with E-state index in [0.717, 1.165) is 24.2 Å². The fourth-order valence-electron chi connectivity index (χ4n) is 1.52. The van der Waals surface area contributed by atoms with Gasteiger partial charge in [-0.05, 0) is 23.6 Å². The van der Waals surface area contributed by atoms with E-state index in [1.165, 1.54) is 12.1 Å². The Morgan fingerprint density at radius 2 is 1.71 bits per heavy atom. The highest BCUT2D eigenvalue weighted by Crippen LogP contribution is 2.28. The lowest BCUT2D eigenvalue weighted by molar-refractivity contribution is -0.137. The number of hydrogen-bond donors (Lipinski definition) is 2. The molecule has 2 N–H and O–H groups in total. The van der Waals surface area contributed by atoms with E-state index in [0.29, 0.717) is 18.4 Å². The van der Waals surface area contributed by atoms with Crippen LogP contribution in [0, 0.1) is 5.92 Å². The van der Waals surface area contributed by atoms with Crippen LogP contribution in [0.1, 0.15) is 25.0 Å². The second-order valence-electron chi connectivity index (χ2n) is 4.90. The maximum absolute atomic E-state index is 12.4. The Hall–Kier alpha value is -0.990. The summed E-state index contributed by atoms with van der Waals surface area (Å²) >= 11 is 0. The number of nitrogens with zero attached hydrogens (tertiary/aromatic N) is 1. The van der Waals surface area contributed by atoms with Crippen LogP contribution in [0.3, 0.4) is 0 Å². The highest BCUT2D eigenvalue weighted by molar-refractivity contribution is 14.0. The standard InChI is InChI=1S/C14H20F3N3.HI/c1-10(2)8-19-13(18-3)20-9-11-4-6-12(7-5-11)14(15,16)17;/h4-7,10H,8-9H2,1-3H3,(H2,18,19,20);1H. The molecule has 1 aromatic rings. The summed E-state index contributed by atoms with van der Waals surface area (Å²) in [4.78, 5) is 4.05. The summed E-state index contributed by atoms with van der Waals surface area (Å²) in [5.41, 5.74) is 0.133. The Morgan fingerprint density at radius 1 is 1.14 bits per heavy atom. The number of nitrogens with one attached hydrogen (secondary N) is 2. The fraction of sp³-hybridized carbons (Fsp3) is 0.500. The van der Waals surface area contributed by atoms with E-state index < -0.39 is 11.7 Å². The van der Waals surface area contributed by atoms with Crippen LogP contribution in [0.5, 0.6) is 0 Å². The number of guanidine groups is 1. The summed E-state index contributed by atoms with van der Waals surface area (Å²) in [6, 6.07) is 5.10. The first-order chi connectivity index (χ1) is 9.32. The second-order valence-corrected chi connectivity index (χ2v) is 4.90. The van der Waals surface area contributed by atoms with Crippen LogP contribution in [0.4, 0.5) is 13.2 Å². The van der Waals surface area contributed by atoms with E-state index in [4.69, 9.17) is 0 Å². The third-order valence-corrected chi connectivity index (χ3v) is 2.64. The molecule has 0 atom stereocenters. The van der Waals surface area contributed by atoms with Gasteiger partial charge in [0.2, 0.25) is 0 Å². The van der Waals surface area contributed by atoms with Crippen molar-refractivity contribution in [2.45, 2.75) is 26.6 Å². The van der Waals surface area contributed by atoms with Gasteiger partial charge >= 0.3 is 6.18 Å². The van der Waals surface area contributed by atoms with Crippen LogP contribution in [0.2, 0.25) is 0 Å². The molecule has 120 valence electrons. The fourth-order valence-corrected chi connectivity index (χ4v) is 1.52. The van der Waals surface area contributed by atoms with Crippen molar-refractivity contribution < 1.29 is 13.2 Å². The number of halogens is 4. The van der Waals surface area contributed by atoms with Crippen molar-refractivity contribution in [2.75, 3.05) is 13.6 Å². The van der Waals surface area contributed by atoms with E-state index in [2.05, 4.69) is 29.5 Å².